The number of aromatic nitrogens is 1. The highest BCUT2D eigenvalue weighted by Crippen LogP contribution is 2.42. The van der Waals surface area contributed by atoms with Crippen molar-refractivity contribution >= 4 is 11.8 Å². The van der Waals surface area contributed by atoms with E-state index >= 15 is 0 Å². The van der Waals surface area contributed by atoms with Gasteiger partial charge in [0.15, 0.2) is 0 Å². The number of benzene rings is 1. The molecule has 1 spiro atoms. The minimum atomic E-state index is -0.187. The van der Waals surface area contributed by atoms with E-state index in [2.05, 4.69) is 39.5 Å². The van der Waals surface area contributed by atoms with Crippen LogP contribution < -0.4 is 5.32 Å². The number of amides is 2. The molecule has 3 fully saturated rings. The molecule has 3 aliphatic rings. The Morgan fingerprint density at radius 1 is 1.03 bits per heavy atom. The Bertz CT molecular complexity index is 998. The lowest BCUT2D eigenvalue weighted by molar-refractivity contribution is -0.139. The lowest BCUT2D eigenvalue weighted by Crippen LogP contribution is -2.45. The summed E-state index contributed by atoms with van der Waals surface area (Å²) in [7, 11) is 0. The lowest BCUT2D eigenvalue weighted by atomic mass is 9.77. The summed E-state index contributed by atoms with van der Waals surface area (Å²) in [6.07, 6.45) is 12.9. The summed E-state index contributed by atoms with van der Waals surface area (Å²) in [5.74, 6) is 1.08. The molecule has 36 heavy (non-hydrogen) atoms. The second-order valence-corrected chi connectivity index (χ2v) is 11.1. The molecule has 0 radical (unpaired) electrons. The molecule has 1 unspecified atom stereocenters. The Hall–Kier alpha value is -2.73. The number of hydrogen-bond donors (Lipinski definition) is 1. The first-order valence-corrected chi connectivity index (χ1v) is 13.9. The molecule has 1 saturated carbocycles. The van der Waals surface area contributed by atoms with E-state index in [9.17, 15) is 9.59 Å². The Kier molecular flexibility index (Phi) is 8.00. The second kappa shape index (κ2) is 11.5. The van der Waals surface area contributed by atoms with E-state index in [4.69, 9.17) is 0 Å². The Morgan fingerprint density at radius 3 is 2.50 bits per heavy atom. The maximum absolute atomic E-state index is 13.3. The van der Waals surface area contributed by atoms with Crippen LogP contribution in [0, 0.1) is 11.3 Å². The quantitative estimate of drug-likeness (QED) is 0.555. The molecular weight excluding hydrogens is 448 g/mol. The van der Waals surface area contributed by atoms with Crippen LogP contribution in [-0.2, 0) is 16.1 Å². The van der Waals surface area contributed by atoms with Gasteiger partial charge in [-0.1, -0.05) is 49.2 Å². The van der Waals surface area contributed by atoms with Gasteiger partial charge in [0.25, 0.3) is 0 Å². The van der Waals surface area contributed by atoms with Crippen LogP contribution in [0.25, 0.3) is 0 Å². The van der Waals surface area contributed by atoms with Gasteiger partial charge in [-0.05, 0) is 74.7 Å². The number of nitrogens with one attached hydrogen (secondary N) is 1. The van der Waals surface area contributed by atoms with Gasteiger partial charge in [0, 0.05) is 38.4 Å². The highest BCUT2D eigenvalue weighted by atomic mass is 16.2. The molecule has 1 aromatic heterocycles. The second-order valence-electron chi connectivity index (χ2n) is 11.1. The molecule has 1 atom stereocenters. The first-order valence-electron chi connectivity index (χ1n) is 13.9. The zero-order valence-electron chi connectivity index (χ0n) is 21.4. The van der Waals surface area contributed by atoms with Crippen LogP contribution in [0.15, 0.2) is 54.9 Å². The van der Waals surface area contributed by atoms with Crippen molar-refractivity contribution < 1.29 is 9.59 Å². The van der Waals surface area contributed by atoms with Crippen LogP contribution in [0.2, 0.25) is 0 Å². The van der Waals surface area contributed by atoms with Crippen molar-refractivity contribution in [2.75, 3.05) is 26.2 Å². The Morgan fingerprint density at radius 2 is 1.78 bits per heavy atom. The van der Waals surface area contributed by atoms with E-state index < -0.39 is 0 Å². The van der Waals surface area contributed by atoms with Crippen molar-refractivity contribution in [3.8, 4) is 0 Å². The molecule has 0 bridgehead atoms. The predicted octanol–water partition coefficient (Wildman–Crippen LogP) is 4.72. The molecule has 2 amide bonds. The van der Waals surface area contributed by atoms with Gasteiger partial charge in [0.05, 0.1) is 11.5 Å². The van der Waals surface area contributed by atoms with Crippen molar-refractivity contribution in [1.82, 2.24) is 20.1 Å². The molecule has 1 aliphatic carbocycles. The molecule has 2 aromatic rings. The zero-order chi connectivity index (χ0) is 24.8. The summed E-state index contributed by atoms with van der Waals surface area (Å²) < 4.78 is 0. The minimum Gasteiger partial charge on any atom is -0.349 e. The fraction of sp³-hybridized carbons (Fsp3) is 0.567. The van der Waals surface area contributed by atoms with Crippen molar-refractivity contribution in [1.29, 1.82) is 0 Å². The normalized spacial score (nSPS) is 21.2. The largest absolute Gasteiger partial charge is 0.349 e. The van der Waals surface area contributed by atoms with Crippen molar-refractivity contribution in [2.24, 2.45) is 11.3 Å². The average Bonchev–Trinajstić information content (AvgIpc) is 3.53. The lowest BCUT2D eigenvalue weighted by Gasteiger charge is -2.38. The molecule has 6 heteroatoms. The van der Waals surface area contributed by atoms with Crippen LogP contribution in [0.1, 0.15) is 75.0 Å². The first kappa shape index (κ1) is 24.9. The number of likely N-dealkylation sites (tertiary alicyclic amines) is 2. The van der Waals surface area contributed by atoms with Gasteiger partial charge in [-0.15, -0.1) is 0 Å². The van der Waals surface area contributed by atoms with E-state index in [0.29, 0.717) is 24.8 Å². The van der Waals surface area contributed by atoms with Crippen LogP contribution >= 0.6 is 0 Å². The van der Waals surface area contributed by atoms with Gasteiger partial charge in [-0.2, -0.15) is 0 Å². The third-order valence-corrected chi connectivity index (χ3v) is 8.73. The number of piperidine rings is 1. The number of carbonyl (C=O) groups is 2. The number of rotatable bonds is 9. The fourth-order valence-electron chi connectivity index (χ4n) is 6.47. The summed E-state index contributed by atoms with van der Waals surface area (Å²) in [6.45, 7) is 4.34. The van der Waals surface area contributed by atoms with Crippen LogP contribution in [0.4, 0.5) is 0 Å². The molecule has 2 aliphatic heterocycles. The predicted molar refractivity (Wildman–Crippen MR) is 141 cm³/mol. The van der Waals surface area contributed by atoms with Gasteiger partial charge in [0.2, 0.25) is 11.8 Å². The standard InChI is InChI=1S/C30H40N4O2/c35-28(21-24-7-4-5-8-24)32-27(26-10-2-1-3-11-26)12-17-33-18-13-30(14-19-33)15-20-34(29(30)36)23-25-9-6-16-31-22-25/h1-3,6,9-11,16,22,24,27H,4-5,7-8,12-15,17-21,23H2,(H,32,35). The highest BCUT2D eigenvalue weighted by Gasteiger charge is 2.47. The minimum absolute atomic E-state index is 0.0408. The van der Waals surface area contributed by atoms with Crippen LogP contribution in [0.3, 0.4) is 0 Å². The Balaban J connectivity index is 1.13. The van der Waals surface area contributed by atoms with E-state index in [1.165, 1.54) is 31.2 Å². The van der Waals surface area contributed by atoms with Crippen LogP contribution in [-0.4, -0.2) is 52.8 Å². The summed E-state index contributed by atoms with van der Waals surface area (Å²) in [6, 6.07) is 14.4. The maximum atomic E-state index is 13.3. The first-order chi connectivity index (χ1) is 17.6. The van der Waals surface area contributed by atoms with Gasteiger partial charge >= 0.3 is 0 Å². The fourth-order valence-corrected chi connectivity index (χ4v) is 6.47. The SMILES string of the molecule is O=C(CC1CCCC1)NC(CCN1CCC2(CC1)CCN(Cc1cccnc1)C2=O)c1ccccc1. The van der Waals surface area contributed by atoms with Gasteiger partial charge in [-0.3, -0.25) is 14.6 Å². The monoisotopic (exact) mass is 488 g/mol. The number of carbonyl (C=O) groups excluding carboxylic acids is 2. The molecule has 5 rings (SSSR count). The van der Waals surface area contributed by atoms with Crippen molar-refractivity contribution in [2.45, 2.75) is 70.4 Å². The third-order valence-electron chi connectivity index (χ3n) is 8.73. The Labute approximate surface area is 215 Å². The summed E-state index contributed by atoms with van der Waals surface area (Å²) in [5, 5.41) is 3.35. The van der Waals surface area contributed by atoms with E-state index in [1.54, 1.807) is 6.20 Å². The van der Waals surface area contributed by atoms with E-state index in [-0.39, 0.29) is 17.4 Å². The molecular formula is C30H40N4O2. The third kappa shape index (κ3) is 5.97. The molecule has 6 nitrogen and oxygen atoms in total. The summed E-state index contributed by atoms with van der Waals surface area (Å²) in [4.78, 5) is 34.9. The number of hydrogen-bond acceptors (Lipinski definition) is 4. The van der Waals surface area contributed by atoms with E-state index in [1.807, 2.05) is 29.3 Å². The zero-order valence-corrected chi connectivity index (χ0v) is 21.4. The van der Waals surface area contributed by atoms with E-state index in [0.717, 1.165) is 57.4 Å². The molecule has 192 valence electrons. The molecule has 1 N–H and O–H groups in total. The maximum Gasteiger partial charge on any atom is 0.229 e. The molecule has 1 aromatic carbocycles. The summed E-state index contributed by atoms with van der Waals surface area (Å²) >= 11 is 0. The van der Waals surface area contributed by atoms with Gasteiger partial charge < -0.3 is 15.1 Å². The molecule has 3 heterocycles. The number of pyridine rings is 1. The van der Waals surface area contributed by atoms with Gasteiger partial charge in [-0.25, -0.2) is 0 Å². The topological polar surface area (TPSA) is 65.5 Å². The smallest absolute Gasteiger partial charge is 0.229 e. The van der Waals surface area contributed by atoms with Gasteiger partial charge in [0.1, 0.15) is 0 Å². The highest BCUT2D eigenvalue weighted by molar-refractivity contribution is 5.85. The summed E-state index contributed by atoms with van der Waals surface area (Å²) in [5.41, 5.74) is 2.09. The number of nitrogens with zero attached hydrogens (tertiary/aromatic N) is 3. The van der Waals surface area contributed by atoms with Crippen molar-refractivity contribution in [3.05, 3.63) is 66.0 Å². The average molecular weight is 489 g/mol. The molecule has 2 saturated heterocycles. The van der Waals surface area contributed by atoms with Crippen LogP contribution in [0.5, 0.6) is 0 Å². The van der Waals surface area contributed by atoms with Crippen molar-refractivity contribution in [3.63, 3.8) is 0 Å².